The first kappa shape index (κ1) is 53.1. The van der Waals surface area contributed by atoms with Gasteiger partial charge in [0.25, 0.3) is 0 Å². The fraction of sp³-hybridized carbons (Fsp3) is 0.333. The number of benzene rings is 12. The largest absolute Gasteiger partial charge is 0.454 e. The van der Waals surface area contributed by atoms with Gasteiger partial charge in [0, 0.05) is 63.2 Å². The van der Waals surface area contributed by atoms with Gasteiger partial charge in [0.15, 0.2) is 46.0 Å². The Hall–Kier alpha value is -11.3. The molecule has 0 aromatic heterocycles. The highest BCUT2D eigenvalue weighted by molar-refractivity contribution is 5.48. The Balaban J connectivity index is 0.000000143. The quantitative estimate of drug-likeness (QED) is 0.0462. The predicted octanol–water partition coefficient (Wildman–Crippen LogP) is 20.9. The van der Waals surface area contributed by atoms with Crippen LogP contribution in [0.25, 0.3) is 0 Å². The molecular formula is C108H116N4O12. The van der Waals surface area contributed by atoms with Crippen LogP contribution in [0.15, 0.2) is 315 Å². The molecule has 0 bridgehead atoms. The van der Waals surface area contributed by atoms with E-state index in [2.05, 4.69) is 48.5 Å². The van der Waals surface area contributed by atoms with Crippen LogP contribution >= 0.6 is 0 Å². The van der Waals surface area contributed by atoms with E-state index in [9.17, 15) is 2.74 Å². The number of nitrogens with zero attached hydrogens (tertiary/aromatic N) is 4. The number of likely N-dealkylation sites (tertiary alicyclic amines) is 4. The lowest BCUT2D eigenvalue weighted by Gasteiger charge is -2.35. The summed E-state index contributed by atoms with van der Waals surface area (Å²) in [6.07, 6.45) is -6.39. The Labute approximate surface area is 779 Å². The van der Waals surface area contributed by atoms with E-state index >= 15 is 0 Å². The van der Waals surface area contributed by atoms with Gasteiger partial charge in [0.05, 0.1) is 54.6 Å². The van der Waals surface area contributed by atoms with Crippen molar-refractivity contribution >= 4 is 0 Å². The highest BCUT2D eigenvalue weighted by atomic mass is 16.7. The summed E-state index contributed by atoms with van der Waals surface area (Å²) in [6.45, 7) is -4.29. The fourth-order valence-electron chi connectivity index (χ4n) is 15.5. The van der Waals surface area contributed by atoms with Gasteiger partial charge in [-0.1, -0.05) is 266 Å². The molecule has 0 aliphatic carbocycles. The Morgan fingerprint density at radius 3 is 0.927 bits per heavy atom. The second-order valence-corrected chi connectivity index (χ2v) is 30.3. The van der Waals surface area contributed by atoms with Gasteiger partial charge in [0.2, 0.25) is 27.1 Å². The van der Waals surface area contributed by atoms with Gasteiger partial charge in [0.1, 0.15) is 29.9 Å². The van der Waals surface area contributed by atoms with Gasteiger partial charge in [-0.05, 0) is 218 Å². The number of rotatable bonds is 28. The summed E-state index contributed by atoms with van der Waals surface area (Å²) < 4.78 is 353. The minimum Gasteiger partial charge on any atom is -0.454 e. The highest BCUT2D eigenvalue weighted by Gasteiger charge is 2.32. The van der Waals surface area contributed by atoms with E-state index in [4.69, 9.17) is 101 Å². The molecule has 0 radical (unpaired) electrons. The van der Waals surface area contributed by atoms with Crippen LogP contribution in [0, 0.1) is 0 Å². The summed E-state index contributed by atoms with van der Waals surface area (Å²) in [5.74, 6) is 3.17. The number of piperidine rings is 4. The molecule has 20 rings (SSSR count). The molecule has 12 aromatic rings. The molecule has 4 fully saturated rings. The van der Waals surface area contributed by atoms with Gasteiger partial charge < -0.3 is 76.4 Å². The SMILES string of the molecule is [2H]C([2H])(Cc1ccc2c(c1)OCO2)N1CCC[C@@H](OC(c2ccccc2)c2ccccc2)C1.[2H]C1([2H])Oc2ccc(CC([2H])([2H])N3CCC[C@@H](OC(c4ccccc4)c4ccccc4)C3)cc2O1.[2H]c1c([2H])c([2H])c(C([2H])(O[C@@H]2CCCN(CC([2H])([2H])c3ccc4c(c3)OC([2H])([2H])O4)C2)c2c([2H])c([2H])c([2H])c([2H])c2[2H])c([2H])c1[2H].[2H]c1c([2H])c([2H])c(C([2H])(O[C@@H]2CCCN(CC([2H])([2H])c3ccc4c(c3)OCO4)C2)c2c([2H])c([2H])c([2H])c([2H])c2[2H])c([2H])c1[2H]. The van der Waals surface area contributed by atoms with Crippen LogP contribution < -0.4 is 37.9 Å². The van der Waals surface area contributed by atoms with Crippen LogP contribution in [0.1, 0.15) is 189 Å². The molecule has 0 N–H and O–H groups in total. The molecule has 8 aliphatic rings. The first-order chi connectivity index (χ1) is 74.7. The van der Waals surface area contributed by atoms with Crippen molar-refractivity contribution in [1.29, 1.82) is 0 Å². The monoisotopic (exact) mass is 1700 g/mol. The molecule has 16 nitrogen and oxygen atoms in total. The molecule has 0 amide bonds. The summed E-state index contributed by atoms with van der Waals surface area (Å²) in [6, 6.07) is 44.9. The average Bonchev–Trinajstić information content (AvgIpc) is 0.891. The highest BCUT2D eigenvalue weighted by Crippen LogP contribution is 2.40. The smallest absolute Gasteiger partial charge is 0.231 e. The van der Waals surface area contributed by atoms with Crippen molar-refractivity contribution in [3.63, 3.8) is 0 Å². The summed E-state index contributed by atoms with van der Waals surface area (Å²) in [5.41, 5.74) is 3.76. The lowest BCUT2D eigenvalue weighted by atomic mass is 10.00. The van der Waals surface area contributed by atoms with Crippen molar-refractivity contribution in [3.8, 4) is 46.0 Å². The van der Waals surface area contributed by atoms with Crippen molar-refractivity contribution in [3.05, 3.63) is 382 Å². The number of aryl methyl sites for hydroxylation is 2. The molecule has 0 saturated carbocycles. The minimum absolute atomic E-state index is 0.00936. The summed E-state index contributed by atoms with van der Waals surface area (Å²) >= 11 is 0. The normalized spacial score (nSPS) is 23.8. The zero-order chi connectivity index (χ0) is 114. The van der Waals surface area contributed by atoms with Crippen LogP contribution in [-0.2, 0) is 44.5 Å². The maximum absolute atomic E-state index is 9.51. The second-order valence-electron chi connectivity index (χ2n) is 30.3. The predicted molar refractivity (Wildman–Crippen MR) is 486 cm³/mol. The van der Waals surface area contributed by atoms with Crippen LogP contribution in [0.2, 0.25) is 0 Å². The summed E-state index contributed by atoms with van der Waals surface area (Å²) in [4.78, 5) is 7.25. The molecule has 16 heteroatoms. The minimum atomic E-state index is -2.86. The summed E-state index contributed by atoms with van der Waals surface area (Å²) in [5, 5.41) is 0. The van der Waals surface area contributed by atoms with E-state index < -0.39 is 207 Å². The third kappa shape index (κ3) is 23.8. The Morgan fingerprint density at radius 2 is 0.581 bits per heavy atom. The Kier molecular flexibility index (Phi) is 18.8. The van der Waals surface area contributed by atoms with Crippen molar-refractivity contribution in [2.45, 2.75) is 126 Å². The van der Waals surface area contributed by atoms with E-state index in [0.29, 0.717) is 86.3 Å². The Morgan fingerprint density at radius 1 is 0.306 bits per heavy atom. The van der Waals surface area contributed by atoms with Crippen molar-refractivity contribution in [2.75, 3.05) is 106 Å². The standard InChI is InChI=1S/4C27H29NO3/c4*1-3-8-22(9-4-1)27(23-10-5-2-6-11-23)31-24-12-7-16-28(19-24)17-15-21-13-14-25-26(18-21)30-20-29-25/h4*1-6,8-11,13-14,18,24,27H,7,12,15-17,19-20H2/t4*24-/m1111/s1/i1D,2D,3D,4D,5D,6D,8D,9D,10D,11D,15D2,20D2,27D;1D,2D,3D,4D,5D,6D,8D,9D,10D,11D,15D2,27D;17D2,20D2;17D2. The first-order valence-corrected chi connectivity index (χ1v) is 41.7. The first-order valence-electron chi connectivity index (χ1n) is 58.7. The molecule has 8 heterocycles. The van der Waals surface area contributed by atoms with E-state index in [0.717, 1.165) is 71.4 Å². The molecule has 640 valence electrons. The fourth-order valence-corrected chi connectivity index (χ4v) is 15.5. The van der Waals surface area contributed by atoms with Crippen LogP contribution in [0.3, 0.4) is 0 Å². The lowest BCUT2D eigenvalue weighted by molar-refractivity contribution is -0.0331. The van der Waals surface area contributed by atoms with Gasteiger partial charge in [-0.15, -0.1) is 0 Å². The van der Waals surface area contributed by atoms with Crippen LogP contribution in [0.4, 0.5) is 0 Å². The third-order valence-corrected chi connectivity index (χ3v) is 21.6. The van der Waals surface area contributed by atoms with Crippen LogP contribution in [0.5, 0.6) is 46.0 Å². The molecule has 124 heavy (non-hydrogen) atoms. The zero-order valence-electron chi connectivity index (χ0n) is 102. The maximum atomic E-state index is 9.51. The van der Waals surface area contributed by atoms with Crippen LogP contribution in [-0.4, -0.2) is 150 Å². The van der Waals surface area contributed by atoms with E-state index in [1.54, 1.807) is 46.2 Å². The Bertz CT molecular complexity index is 6900. The maximum Gasteiger partial charge on any atom is 0.231 e. The molecule has 12 aromatic carbocycles. The van der Waals surface area contributed by atoms with Crippen molar-refractivity contribution < 1.29 is 103 Å². The van der Waals surface area contributed by atoms with E-state index in [-0.39, 0.29) is 101 Å². The number of fused-ring (bicyclic) bond motifs is 4. The lowest BCUT2D eigenvalue weighted by Crippen LogP contribution is -2.41. The van der Waals surface area contributed by atoms with Gasteiger partial charge >= 0.3 is 0 Å². The topological polar surface area (TPSA) is 124 Å². The average molecular weight is 1700 g/mol. The molecule has 4 saturated heterocycles. The molecule has 0 spiro atoms. The van der Waals surface area contributed by atoms with Crippen molar-refractivity contribution in [2.24, 2.45) is 0 Å². The molecule has 4 atom stereocenters. The molecular weight excluding hydrogens is 1550 g/mol. The summed E-state index contributed by atoms with van der Waals surface area (Å²) in [7, 11) is 0. The van der Waals surface area contributed by atoms with Gasteiger partial charge in [-0.25, -0.2) is 0 Å². The molecule has 0 unspecified atom stereocenters. The number of hydrogen-bond acceptors (Lipinski definition) is 16. The van der Waals surface area contributed by atoms with Gasteiger partial charge in [-0.2, -0.15) is 0 Å². The van der Waals surface area contributed by atoms with E-state index in [1.807, 2.05) is 101 Å². The number of ether oxygens (including phenoxy) is 12. The second kappa shape index (κ2) is 43.9. The zero-order valence-corrected chi connectivity index (χ0v) is 68.2. The molecule has 8 aliphatic heterocycles. The van der Waals surface area contributed by atoms with E-state index in [1.165, 1.54) is 18.2 Å². The number of hydrogen-bond donors (Lipinski definition) is 0. The van der Waals surface area contributed by atoms with Gasteiger partial charge in [-0.3, -0.25) is 0 Å². The third-order valence-electron chi connectivity index (χ3n) is 21.6. The van der Waals surface area contributed by atoms with Crippen molar-refractivity contribution in [1.82, 2.24) is 19.6 Å².